The van der Waals surface area contributed by atoms with Gasteiger partial charge in [0.25, 0.3) is 0 Å². The van der Waals surface area contributed by atoms with Crippen LogP contribution in [0, 0.1) is 0 Å². The summed E-state index contributed by atoms with van der Waals surface area (Å²) in [5.74, 6) is 0. The molecule has 3 heteroatoms. The van der Waals surface area contributed by atoms with Crippen molar-refractivity contribution in [3.05, 3.63) is 36.8 Å². The molecule has 6 N–H and O–H groups in total. The molecule has 0 aromatic carbocycles. The van der Waals surface area contributed by atoms with Gasteiger partial charge >= 0.3 is 0 Å². The first kappa shape index (κ1) is 11.4. The van der Waals surface area contributed by atoms with Crippen LogP contribution in [0.5, 0.6) is 0 Å². The Morgan fingerprint density at radius 2 is 1.70 bits per heavy atom. The summed E-state index contributed by atoms with van der Waals surface area (Å²) in [6, 6.07) is 0. The van der Waals surface area contributed by atoms with Gasteiger partial charge < -0.3 is 17.2 Å². The average molecular weight is 141 g/mol. The molecule has 0 aromatic rings. The van der Waals surface area contributed by atoms with E-state index < -0.39 is 0 Å². The molecule has 0 radical (unpaired) electrons. The van der Waals surface area contributed by atoms with Gasteiger partial charge in [0.1, 0.15) is 0 Å². The zero-order chi connectivity index (χ0) is 8.41. The van der Waals surface area contributed by atoms with Crippen LogP contribution in [-0.2, 0) is 0 Å². The van der Waals surface area contributed by atoms with Crippen LogP contribution in [0.1, 0.15) is 6.92 Å². The quantitative estimate of drug-likeness (QED) is 0.463. The topological polar surface area (TPSA) is 78.1 Å². The summed E-state index contributed by atoms with van der Waals surface area (Å²) < 4.78 is 0. The fraction of sp³-hybridized carbons (Fsp3) is 0.143. The second-order valence-electron chi connectivity index (χ2n) is 1.51. The maximum Gasteiger partial charge on any atom is -0.00320 e. The van der Waals surface area contributed by atoms with Crippen LogP contribution in [0.15, 0.2) is 36.8 Å². The van der Waals surface area contributed by atoms with Crippen LogP contribution in [-0.4, -0.2) is 0 Å². The van der Waals surface area contributed by atoms with E-state index in [0.717, 1.165) is 5.57 Å². The summed E-state index contributed by atoms with van der Waals surface area (Å²) >= 11 is 0. The maximum absolute atomic E-state index is 5.09. The molecule has 0 unspecified atom stereocenters. The molecule has 0 saturated heterocycles. The second-order valence-corrected chi connectivity index (χ2v) is 1.51. The van der Waals surface area contributed by atoms with E-state index in [2.05, 4.69) is 12.3 Å². The van der Waals surface area contributed by atoms with E-state index in [1.165, 1.54) is 18.6 Å². The number of hydrogen-bond acceptors (Lipinski definition) is 3. The summed E-state index contributed by atoms with van der Waals surface area (Å²) in [6.07, 6.45) is 5.95. The maximum atomic E-state index is 5.09. The van der Waals surface area contributed by atoms with E-state index in [1.807, 2.05) is 6.92 Å². The Kier molecular flexibility index (Phi) is 12.1. The molecule has 0 aliphatic rings. The van der Waals surface area contributed by atoms with Crippen LogP contribution >= 0.6 is 0 Å². The highest BCUT2D eigenvalue weighted by atomic mass is 14.5. The lowest BCUT2D eigenvalue weighted by atomic mass is 10.3. The predicted molar refractivity (Wildman–Crippen MR) is 45.7 cm³/mol. The average Bonchev–Trinajstić information content (AvgIpc) is 1.90. The normalized spacial score (nSPS) is 10.3. The van der Waals surface area contributed by atoms with Gasteiger partial charge in [0.15, 0.2) is 0 Å². The Bertz CT molecular complexity index is 125. The molecular formula is C7H15N3. The van der Waals surface area contributed by atoms with Gasteiger partial charge in [-0.2, -0.15) is 0 Å². The third-order valence-electron chi connectivity index (χ3n) is 0.622. The lowest BCUT2D eigenvalue weighted by molar-refractivity contribution is 1.41. The minimum absolute atomic E-state index is 0.975. The van der Waals surface area contributed by atoms with E-state index in [-0.39, 0.29) is 0 Å². The van der Waals surface area contributed by atoms with Crippen molar-refractivity contribution in [2.75, 3.05) is 0 Å². The number of hydrogen-bond donors (Lipinski definition) is 3. The van der Waals surface area contributed by atoms with Gasteiger partial charge in [0.2, 0.25) is 0 Å². The first-order valence-electron chi connectivity index (χ1n) is 2.82. The third-order valence-corrected chi connectivity index (χ3v) is 0.622. The SMILES string of the molecule is C=CN.CC(/C=C\N)=C\N. The molecule has 0 fully saturated rings. The zero-order valence-corrected chi connectivity index (χ0v) is 6.25. The molecule has 0 atom stereocenters. The van der Waals surface area contributed by atoms with Crippen molar-refractivity contribution >= 4 is 0 Å². The van der Waals surface area contributed by atoms with Crippen molar-refractivity contribution in [1.29, 1.82) is 0 Å². The molecule has 0 spiro atoms. The molecule has 0 aromatic heterocycles. The fourth-order valence-corrected chi connectivity index (χ4v) is 0.207. The van der Waals surface area contributed by atoms with E-state index >= 15 is 0 Å². The van der Waals surface area contributed by atoms with Crippen LogP contribution in [0.2, 0.25) is 0 Å². The van der Waals surface area contributed by atoms with Crippen LogP contribution in [0.4, 0.5) is 0 Å². The Balaban J connectivity index is 0. The van der Waals surface area contributed by atoms with Crippen LogP contribution in [0.25, 0.3) is 0 Å². The molecule has 0 heterocycles. The van der Waals surface area contributed by atoms with E-state index in [9.17, 15) is 0 Å². The lowest BCUT2D eigenvalue weighted by Gasteiger charge is -1.81. The summed E-state index contributed by atoms with van der Waals surface area (Å²) in [6.45, 7) is 5.02. The molecule has 0 aliphatic heterocycles. The van der Waals surface area contributed by atoms with E-state index in [0.29, 0.717) is 0 Å². The lowest BCUT2D eigenvalue weighted by Crippen LogP contribution is -1.82. The van der Waals surface area contributed by atoms with Gasteiger partial charge in [-0.3, -0.25) is 0 Å². The van der Waals surface area contributed by atoms with Crippen molar-refractivity contribution in [2.45, 2.75) is 6.92 Å². The first-order chi connectivity index (χ1) is 4.72. The van der Waals surface area contributed by atoms with E-state index in [1.54, 1.807) is 6.08 Å². The zero-order valence-electron chi connectivity index (χ0n) is 6.25. The van der Waals surface area contributed by atoms with Gasteiger partial charge in [-0.1, -0.05) is 6.58 Å². The summed E-state index contributed by atoms with van der Waals surface area (Å²) in [4.78, 5) is 0. The minimum atomic E-state index is 0.975. The van der Waals surface area contributed by atoms with Crippen molar-refractivity contribution in [3.63, 3.8) is 0 Å². The smallest absolute Gasteiger partial charge is 0.00320 e. The molecule has 0 aliphatic carbocycles. The Labute approximate surface area is 61.9 Å². The van der Waals surface area contributed by atoms with Crippen molar-refractivity contribution < 1.29 is 0 Å². The van der Waals surface area contributed by atoms with Crippen molar-refractivity contribution in [2.24, 2.45) is 17.2 Å². The monoisotopic (exact) mass is 141 g/mol. The van der Waals surface area contributed by atoms with Gasteiger partial charge in [-0.05, 0) is 37.2 Å². The summed E-state index contributed by atoms with van der Waals surface area (Å²) in [7, 11) is 0. The second kappa shape index (κ2) is 10.6. The molecule has 0 saturated carbocycles. The number of allylic oxidation sites excluding steroid dienone is 2. The molecular weight excluding hydrogens is 126 g/mol. The summed E-state index contributed by atoms with van der Waals surface area (Å²) in [5.41, 5.74) is 15.7. The number of rotatable bonds is 1. The van der Waals surface area contributed by atoms with Crippen molar-refractivity contribution in [3.8, 4) is 0 Å². The van der Waals surface area contributed by atoms with Gasteiger partial charge in [-0.15, -0.1) is 0 Å². The standard InChI is InChI=1S/C5H10N2.C2H5N/c1-5(4-7)2-3-6;1-2-3/h2-4H,6-7H2,1H3;2H,1,3H2/b3-2-,5-4+;. The van der Waals surface area contributed by atoms with Gasteiger partial charge in [-0.25, -0.2) is 0 Å². The first-order valence-corrected chi connectivity index (χ1v) is 2.82. The fourth-order valence-electron chi connectivity index (χ4n) is 0.207. The molecule has 58 valence electrons. The predicted octanol–water partition coefficient (Wildman–Crippen LogP) is 0.410. The van der Waals surface area contributed by atoms with Crippen molar-refractivity contribution in [1.82, 2.24) is 0 Å². The molecule has 0 bridgehead atoms. The summed E-state index contributed by atoms with van der Waals surface area (Å²) in [5, 5.41) is 0. The third kappa shape index (κ3) is 16.0. The van der Waals surface area contributed by atoms with Gasteiger partial charge in [0, 0.05) is 0 Å². The highest BCUT2D eigenvalue weighted by Gasteiger charge is 1.70. The Morgan fingerprint density at radius 3 is 1.80 bits per heavy atom. The molecule has 0 amide bonds. The van der Waals surface area contributed by atoms with Crippen LogP contribution in [0.3, 0.4) is 0 Å². The molecule has 3 nitrogen and oxygen atoms in total. The molecule has 0 rings (SSSR count). The molecule has 10 heavy (non-hydrogen) atoms. The highest BCUT2D eigenvalue weighted by molar-refractivity contribution is 5.12. The number of nitrogens with two attached hydrogens (primary N) is 3. The van der Waals surface area contributed by atoms with Gasteiger partial charge in [0.05, 0.1) is 0 Å². The highest BCUT2D eigenvalue weighted by Crippen LogP contribution is 1.86. The van der Waals surface area contributed by atoms with E-state index in [4.69, 9.17) is 11.5 Å². The minimum Gasteiger partial charge on any atom is -0.405 e. The Hall–Kier alpha value is -1.38. The largest absolute Gasteiger partial charge is 0.405 e. The van der Waals surface area contributed by atoms with Crippen LogP contribution < -0.4 is 17.2 Å². The Morgan fingerprint density at radius 1 is 1.30 bits per heavy atom.